The molecule has 24 heavy (non-hydrogen) atoms. The van der Waals surface area contributed by atoms with Gasteiger partial charge in [-0.2, -0.15) is 24.6 Å². The van der Waals surface area contributed by atoms with E-state index < -0.39 is 0 Å². The summed E-state index contributed by atoms with van der Waals surface area (Å²) in [6.07, 6.45) is 1.71. The fourth-order valence-corrected chi connectivity index (χ4v) is 0.757. The van der Waals surface area contributed by atoms with Gasteiger partial charge in [0, 0.05) is 47.1 Å². The molecule has 138 valence electrons. The molecule has 2 nitrogen and oxygen atoms in total. The minimum atomic E-state index is -0.257. The van der Waals surface area contributed by atoms with Gasteiger partial charge in [-0.05, 0) is 13.8 Å². The Labute approximate surface area is 179 Å². The molecule has 2 radical (unpaired) electrons. The summed E-state index contributed by atoms with van der Waals surface area (Å²) in [5, 5.41) is 0. The molecule has 0 unspecified atom stereocenters. The molecule has 0 atom stereocenters. The second kappa shape index (κ2) is 30.5. The molecule has 0 fully saturated rings. The third kappa shape index (κ3) is 37.7. The maximum atomic E-state index is 10.5. The van der Waals surface area contributed by atoms with Crippen LogP contribution in [0.25, 0.3) is 0 Å². The van der Waals surface area contributed by atoms with E-state index in [1.807, 2.05) is 58.0 Å². The Hall–Kier alpha value is -0.379. The zero-order valence-corrected chi connectivity index (χ0v) is 21.4. The molecule has 4 heteroatoms. The number of methoxy groups -OCH3 is 1. The van der Waals surface area contributed by atoms with Crippen LogP contribution in [0.5, 0.6) is 0 Å². The smallest absolute Gasteiger partial charge is 0.333 e. The van der Waals surface area contributed by atoms with E-state index in [-0.39, 0.29) is 47.5 Å². The summed E-state index contributed by atoms with van der Waals surface area (Å²) in [7, 11) is 1.49. The summed E-state index contributed by atoms with van der Waals surface area (Å²) in [5.41, 5.74) is 1.72. The first-order valence-electron chi connectivity index (χ1n) is 8.20. The SMILES string of the molecule is C/C=C(/C)C(=O)OC.CC.CC.C[Si](C)C.[CH2-]c1ccccc1.[Y]. The van der Waals surface area contributed by atoms with E-state index in [0.29, 0.717) is 5.57 Å². The Balaban J connectivity index is -0.0000000690. The van der Waals surface area contributed by atoms with E-state index in [1.165, 1.54) is 7.11 Å². The molecule has 0 saturated carbocycles. The van der Waals surface area contributed by atoms with Gasteiger partial charge in [-0.3, -0.25) is 0 Å². The molecule has 0 aliphatic rings. The number of ether oxygens (including phenoxy) is 1. The van der Waals surface area contributed by atoms with Crippen molar-refractivity contribution in [1.29, 1.82) is 0 Å². The fraction of sp³-hybridized carbons (Fsp3) is 0.500. The zero-order valence-electron chi connectivity index (χ0n) is 17.6. The molecule has 0 spiro atoms. The molecular weight excluding hydrogens is 389 g/mol. The standard InChI is InChI=1S/C7H7.C6H10O2.C3H9Si.2C2H6.Y/c1-7-5-3-2-4-6-7;1-4-5(2)6(7)8-3;1-4(2)3;2*1-2;/h2-6H,1H2;4H,1-3H3;1-3H3;2*1-2H3;/q-1;;;;;/b;5-4-;;;;. The molecule has 0 aliphatic carbocycles. The maximum absolute atomic E-state index is 10.5. The summed E-state index contributed by atoms with van der Waals surface area (Å²) in [6, 6.07) is 9.87. The molecule has 0 aliphatic heterocycles. The van der Waals surface area contributed by atoms with Gasteiger partial charge in [-0.1, -0.05) is 59.5 Å². The van der Waals surface area contributed by atoms with Crippen molar-refractivity contribution < 1.29 is 42.2 Å². The van der Waals surface area contributed by atoms with Crippen molar-refractivity contribution in [3.63, 3.8) is 0 Å². The van der Waals surface area contributed by atoms with Crippen LogP contribution in [0.15, 0.2) is 42.0 Å². The van der Waals surface area contributed by atoms with Crippen molar-refractivity contribution in [3.8, 4) is 0 Å². The van der Waals surface area contributed by atoms with E-state index in [1.54, 1.807) is 19.9 Å². The van der Waals surface area contributed by atoms with Crippen LogP contribution in [0.4, 0.5) is 0 Å². The largest absolute Gasteiger partial charge is 0.466 e. The first-order valence-corrected chi connectivity index (χ1v) is 11.2. The Morgan fingerprint density at radius 1 is 1.04 bits per heavy atom. The van der Waals surface area contributed by atoms with Gasteiger partial charge < -0.3 is 4.74 Å². The minimum Gasteiger partial charge on any atom is -0.466 e. The van der Waals surface area contributed by atoms with Gasteiger partial charge in [0.2, 0.25) is 0 Å². The fourth-order valence-electron chi connectivity index (χ4n) is 0.757. The number of rotatable bonds is 1. The van der Waals surface area contributed by atoms with Crippen LogP contribution in [0, 0.1) is 6.92 Å². The Bertz CT molecular complexity index is 360. The van der Waals surface area contributed by atoms with Gasteiger partial charge in [-0.25, -0.2) is 4.79 Å². The van der Waals surface area contributed by atoms with Crippen molar-refractivity contribution in [2.45, 2.75) is 61.2 Å². The van der Waals surface area contributed by atoms with Crippen LogP contribution >= 0.6 is 0 Å². The third-order valence-electron chi connectivity index (χ3n) is 1.78. The average molecular weight is 428 g/mol. The van der Waals surface area contributed by atoms with Crippen LogP contribution in [-0.2, 0) is 42.2 Å². The zero-order chi connectivity index (χ0) is 19.3. The van der Waals surface area contributed by atoms with Gasteiger partial charge in [0.15, 0.2) is 0 Å². The second-order valence-corrected chi connectivity index (χ2v) is 7.45. The minimum absolute atomic E-state index is 0. The number of esters is 1. The van der Waals surface area contributed by atoms with Crippen molar-refractivity contribution in [2.24, 2.45) is 0 Å². The molecule has 0 heterocycles. The first kappa shape index (κ1) is 34.9. The molecule has 0 amide bonds. The topological polar surface area (TPSA) is 26.3 Å². The Morgan fingerprint density at radius 2 is 1.38 bits per heavy atom. The van der Waals surface area contributed by atoms with Crippen LogP contribution in [0.2, 0.25) is 19.6 Å². The van der Waals surface area contributed by atoms with Gasteiger partial charge in [0.1, 0.15) is 0 Å². The summed E-state index contributed by atoms with van der Waals surface area (Å²) in [4.78, 5) is 10.5. The van der Waals surface area contributed by atoms with Gasteiger partial charge in [0.05, 0.1) is 7.11 Å². The van der Waals surface area contributed by atoms with E-state index >= 15 is 0 Å². The van der Waals surface area contributed by atoms with Gasteiger partial charge >= 0.3 is 5.97 Å². The third-order valence-corrected chi connectivity index (χ3v) is 1.78. The van der Waals surface area contributed by atoms with Crippen molar-refractivity contribution in [3.05, 3.63) is 54.5 Å². The number of carbonyl (C=O) groups is 1. The molecule has 0 aromatic heterocycles. The first-order chi connectivity index (χ1) is 10.8. The molecule has 0 N–H and O–H groups in total. The number of allylic oxidation sites excluding steroid dienone is 1. The molecule has 1 aromatic carbocycles. The molecular formula is C20H38O2SiY-. The van der Waals surface area contributed by atoms with E-state index in [2.05, 4.69) is 31.3 Å². The average Bonchev–Trinajstić information content (AvgIpc) is 2.57. The van der Waals surface area contributed by atoms with Gasteiger partial charge in [0.25, 0.3) is 0 Å². The summed E-state index contributed by atoms with van der Waals surface area (Å²) in [6.45, 7) is 22.0. The monoisotopic (exact) mass is 427 g/mol. The van der Waals surface area contributed by atoms with Crippen molar-refractivity contribution in [2.75, 3.05) is 7.11 Å². The quantitative estimate of drug-likeness (QED) is 0.224. The number of benzene rings is 1. The molecule has 0 saturated heterocycles. The summed E-state index contributed by atoms with van der Waals surface area (Å²) < 4.78 is 4.40. The van der Waals surface area contributed by atoms with E-state index in [9.17, 15) is 4.79 Å². The van der Waals surface area contributed by atoms with Crippen LogP contribution in [0.3, 0.4) is 0 Å². The molecule has 1 rings (SSSR count). The maximum Gasteiger partial charge on any atom is 0.333 e. The predicted octanol–water partition coefficient (Wildman–Crippen LogP) is 6.41. The summed E-state index contributed by atoms with van der Waals surface area (Å²) in [5.74, 6) is -0.257. The van der Waals surface area contributed by atoms with Crippen molar-refractivity contribution >= 4 is 14.8 Å². The van der Waals surface area contributed by atoms with Gasteiger partial charge in [-0.15, -0.1) is 12.1 Å². The summed E-state index contributed by atoms with van der Waals surface area (Å²) >= 11 is 0. The number of hydrogen-bond donors (Lipinski definition) is 0. The molecule has 1 aromatic rings. The normalized spacial score (nSPS) is 8.21. The molecule has 0 bridgehead atoms. The number of hydrogen-bond acceptors (Lipinski definition) is 2. The van der Waals surface area contributed by atoms with E-state index in [0.717, 1.165) is 5.56 Å². The second-order valence-electron chi connectivity index (χ2n) is 4.45. The Kier molecular flexibility index (Phi) is 44.3. The van der Waals surface area contributed by atoms with Crippen LogP contribution in [0.1, 0.15) is 47.1 Å². The Morgan fingerprint density at radius 3 is 1.50 bits per heavy atom. The van der Waals surface area contributed by atoms with Crippen molar-refractivity contribution in [1.82, 2.24) is 0 Å². The van der Waals surface area contributed by atoms with E-state index in [4.69, 9.17) is 0 Å². The van der Waals surface area contributed by atoms with Crippen LogP contribution in [-0.4, -0.2) is 21.9 Å². The van der Waals surface area contributed by atoms with Crippen LogP contribution < -0.4 is 0 Å². The number of carbonyl (C=O) groups excluding carboxylic acids is 1. The predicted molar refractivity (Wildman–Crippen MR) is 108 cm³/mol.